The van der Waals surface area contributed by atoms with Crippen LogP contribution in [0.2, 0.25) is 0 Å². The van der Waals surface area contributed by atoms with Crippen molar-refractivity contribution in [1.82, 2.24) is 0 Å². The van der Waals surface area contributed by atoms with Gasteiger partial charge in [0.2, 0.25) is 5.91 Å². The van der Waals surface area contributed by atoms with E-state index in [0.29, 0.717) is 28.4 Å². The topological polar surface area (TPSA) is 84.5 Å². The van der Waals surface area contributed by atoms with Gasteiger partial charge in [-0.2, -0.15) is 0 Å². The molecule has 2 amide bonds. The Kier molecular flexibility index (Phi) is 5.02. The summed E-state index contributed by atoms with van der Waals surface area (Å²) in [5, 5.41) is 5.59. The van der Waals surface area contributed by atoms with E-state index in [4.69, 9.17) is 0 Å². The number of methoxy groups -OCH3 is 1. The van der Waals surface area contributed by atoms with E-state index >= 15 is 0 Å². The lowest BCUT2D eigenvalue weighted by atomic mass is 10.1. The Morgan fingerprint density at radius 3 is 2.15 bits per heavy atom. The molecule has 2 atom stereocenters. The summed E-state index contributed by atoms with van der Waals surface area (Å²) in [6, 6.07) is 13.3. The Hall–Kier alpha value is -3.15. The molecule has 1 fully saturated rings. The molecule has 26 heavy (non-hydrogen) atoms. The summed E-state index contributed by atoms with van der Waals surface area (Å²) in [6.07, 6.45) is 0.905. The molecule has 2 N–H and O–H groups in total. The number of benzene rings is 2. The maximum atomic E-state index is 12.5. The highest BCUT2D eigenvalue weighted by molar-refractivity contribution is 6.06. The summed E-state index contributed by atoms with van der Waals surface area (Å²) in [5.41, 5.74) is 1.84. The van der Waals surface area contributed by atoms with Crippen molar-refractivity contribution >= 4 is 29.2 Å². The molecule has 0 aliphatic heterocycles. The van der Waals surface area contributed by atoms with Gasteiger partial charge in [0.25, 0.3) is 5.91 Å². The second kappa shape index (κ2) is 7.39. The quantitative estimate of drug-likeness (QED) is 0.809. The average molecular weight is 352 g/mol. The molecule has 6 heteroatoms. The van der Waals surface area contributed by atoms with Crippen molar-refractivity contribution in [2.75, 3.05) is 17.7 Å². The van der Waals surface area contributed by atoms with E-state index in [1.54, 1.807) is 48.5 Å². The minimum Gasteiger partial charge on any atom is -0.465 e. The molecule has 1 aliphatic carbocycles. The van der Waals surface area contributed by atoms with E-state index < -0.39 is 5.97 Å². The van der Waals surface area contributed by atoms with Gasteiger partial charge in [-0.25, -0.2) is 4.79 Å². The monoisotopic (exact) mass is 352 g/mol. The normalized spacial score (nSPS) is 17.9. The molecule has 0 radical (unpaired) electrons. The van der Waals surface area contributed by atoms with Gasteiger partial charge in [0.15, 0.2) is 0 Å². The molecule has 0 saturated heterocycles. The summed E-state index contributed by atoms with van der Waals surface area (Å²) in [5.74, 6) is -0.332. The number of carbonyl (C=O) groups is 3. The van der Waals surface area contributed by atoms with Crippen LogP contribution in [0.25, 0.3) is 0 Å². The van der Waals surface area contributed by atoms with Gasteiger partial charge in [0, 0.05) is 22.9 Å². The first-order valence-electron chi connectivity index (χ1n) is 8.38. The molecule has 2 aromatic rings. The molecular weight excluding hydrogens is 332 g/mol. The van der Waals surface area contributed by atoms with Gasteiger partial charge >= 0.3 is 5.97 Å². The third-order valence-electron chi connectivity index (χ3n) is 4.38. The van der Waals surface area contributed by atoms with Crippen molar-refractivity contribution in [1.29, 1.82) is 0 Å². The number of esters is 1. The van der Waals surface area contributed by atoms with Crippen molar-refractivity contribution in [3.05, 3.63) is 59.7 Å². The number of carbonyl (C=O) groups excluding carboxylic acids is 3. The van der Waals surface area contributed by atoms with Crippen LogP contribution < -0.4 is 10.6 Å². The first-order valence-corrected chi connectivity index (χ1v) is 8.38. The van der Waals surface area contributed by atoms with Crippen molar-refractivity contribution in [3.8, 4) is 0 Å². The molecule has 2 aromatic carbocycles. The van der Waals surface area contributed by atoms with Crippen molar-refractivity contribution in [2.45, 2.75) is 13.3 Å². The van der Waals surface area contributed by atoms with Gasteiger partial charge in [-0.05, 0) is 48.7 Å². The minimum atomic E-state index is -0.472. The minimum absolute atomic E-state index is 0.0131. The first-order chi connectivity index (χ1) is 12.5. The molecule has 6 nitrogen and oxygen atoms in total. The van der Waals surface area contributed by atoms with Gasteiger partial charge in [0.05, 0.1) is 12.7 Å². The molecule has 0 unspecified atom stereocenters. The molecule has 134 valence electrons. The first kappa shape index (κ1) is 17.7. The third-order valence-corrected chi connectivity index (χ3v) is 4.38. The number of hydrogen-bond donors (Lipinski definition) is 2. The molecular formula is C20H20N2O4. The Bertz CT molecular complexity index is 862. The lowest BCUT2D eigenvalue weighted by molar-refractivity contribution is -0.117. The second-order valence-corrected chi connectivity index (χ2v) is 6.42. The van der Waals surface area contributed by atoms with E-state index in [-0.39, 0.29) is 17.7 Å². The summed E-state index contributed by atoms with van der Waals surface area (Å²) < 4.78 is 4.67. The number of ether oxygens (including phenoxy) is 1. The molecule has 1 aliphatic rings. The predicted octanol–water partition coefficient (Wildman–Crippen LogP) is 3.32. The average Bonchev–Trinajstić information content (AvgIpc) is 3.38. The summed E-state index contributed by atoms with van der Waals surface area (Å²) in [4.78, 5) is 36.1. The van der Waals surface area contributed by atoms with Crippen LogP contribution >= 0.6 is 0 Å². The maximum Gasteiger partial charge on any atom is 0.337 e. The van der Waals surface area contributed by atoms with Gasteiger partial charge in [-0.15, -0.1) is 0 Å². The predicted molar refractivity (Wildman–Crippen MR) is 98.1 cm³/mol. The molecule has 1 saturated carbocycles. The zero-order valence-corrected chi connectivity index (χ0v) is 14.6. The SMILES string of the molecule is COC(=O)c1cccc(NC(=O)c2cccc(NC(=O)[C@H]3C[C@@H]3C)c2)c1. The number of hydrogen-bond acceptors (Lipinski definition) is 4. The van der Waals surface area contributed by atoms with Gasteiger partial charge < -0.3 is 15.4 Å². The molecule has 0 aromatic heterocycles. The smallest absolute Gasteiger partial charge is 0.337 e. The Morgan fingerprint density at radius 1 is 0.962 bits per heavy atom. The molecule has 3 rings (SSSR count). The zero-order valence-electron chi connectivity index (χ0n) is 14.6. The van der Waals surface area contributed by atoms with Gasteiger partial charge in [-0.3, -0.25) is 9.59 Å². The Balaban J connectivity index is 1.69. The lowest BCUT2D eigenvalue weighted by Crippen LogP contribution is -2.16. The van der Waals surface area contributed by atoms with E-state index in [1.165, 1.54) is 7.11 Å². The molecule has 0 bridgehead atoms. The summed E-state index contributed by atoms with van der Waals surface area (Å²) in [6.45, 7) is 2.04. The third kappa shape index (κ3) is 4.08. The maximum absolute atomic E-state index is 12.5. The zero-order chi connectivity index (χ0) is 18.7. The van der Waals surface area contributed by atoms with Crippen molar-refractivity contribution in [2.24, 2.45) is 11.8 Å². The van der Waals surface area contributed by atoms with E-state index in [1.807, 2.05) is 6.92 Å². The van der Waals surface area contributed by atoms with E-state index in [9.17, 15) is 14.4 Å². The molecule has 0 heterocycles. The van der Waals surface area contributed by atoms with Crippen LogP contribution in [0.15, 0.2) is 48.5 Å². The number of nitrogens with one attached hydrogen (secondary N) is 2. The highest BCUT2D eigenvalue weighted by Crippen LogP contribution is 2.38. The lowest BCUT2D eigenvalue weighted by Gasteiger charge is -2.09. The number of amides is 2. The van der Waals surface area contributed by atoms with E-state index in [2.05, 4.69) is 15.4 Å². The van der Waals surface area contributed by atoms with Crippen molar-refractivity contribution < 1.29 is 19.1 Å². The highest BCUT2D eigenvalue weighted by atomic mass is 16.5. The van der Waals surface area contributed by atoms with Crippen LogP contribution in [-0.2, 0) is 9.53 Å². The summed E-state index contributed by atoms with van der Waals surface area (Å²) >= 11 is 0. The van der Waals surface area contributed by atoms with Crippen LogP contribution in [0.1, 0.15) is 34.1 Å². The van der Waals surface area contributed by atoms with Crippen molar-refractivity contribution in [3.63, 3.8) is 0 Å². The Labute approximate surface area is 151 Å². The fraction of sp³-hybridized carbons (Fsp3) is 0.250. The summed E-state index contributed by atoms with van der Waals surface area (Å²) in [7, 11) is 1.30. The number of anilines is 2. The van der Waals surface area contributed by atoms with Crippen LogP contribution in [0.3, 0.4) is 0 Å². The van der Waals surface area contributed by atoms with Crippen LogP contribution in [0.5, 0.6) is 0 Å². The molecule has 0 spiro atoms. The van der Waals surface area contributed by atoms with Crippen LogP contribution in [-0.4, -0.2) is 24.9 Å². The second-order valence-electron chi connectivity index (χ2n) is 6.42. The van der Waals surface area contributed by atoms with Crippen LogP contribution in [0.4, 0.5) is 11.4 Å². The number of rotatable bonds is 5. The fourth-order valence-electron chi connectivity index (χ4n) is 2.71. The standard InChI is InChI=1S/C20H20N2O4/c1-12-9-17(12)19(24)22-15-7-3-5-13(10-15)18(23)21-16-8-4-6-14(11-16)20(25)26-2/h3-8,10-12,17H,9H2,1-2H3,(H,21,23)(H,22,24)/t12-,17-/m0/s1. The van der Waals surface area contributed by atoms with Gasteiger partial charge in [0.1, 0.15) is 0 Å². The Morgan fingerprint density at radius 2 is 1.54 bits per heavy atom. The highest BCUT2D eigenvalue weighted by Gasteiger charge is 2.39. The van der Waals surface area contributed by atoms with Crippen LogP contribution in [0, 0.1) is 11.8 Å². The fourth-order valence-corrected chi connectivity index (χ4v) is 2.71. The largest absolute Gasteiger partial charge is 0.465 e. The van der Waals surface area contributed by atoms with Gasteiger partial charge in [-0.1, -0.05) is 19.1 Å². The van der Waals surface area contributed by atoms with E-state index in [0.717, 1.165) is 6.42 Å².